The van der Waals surface area contributed by atoms with E-state index in [-0.39, 0.29) is 5.91 Å². The molecule has 100 valence electrons. The Morgan fingerprint density at radius 1 is 1.28 bits per heavy atom. The van der Waals surface area contributed by atoms with E-state index in [1.54, 1.807) is 0 Å². The predicted molar refractivity (Wildman–Crippen MR) is 73.5 cm³/mol. The van der Waals surface area contributed by atoms with Crippen LogP contribution in [0.4, 0.5) is 5.69 Å². The Hall–Kier alpha value is -1.39. The third-order valence-electron chi connectivity index (χ3n) is 2.62. The standard InChI is InChI=1S/C14H22N2O2/c1-4-14(18)16-12-7-5-11(6-8-12)13(17)9-15-10(2)3/h5-8,10,13,15,17H,4,9H2,1-3H3,(H,16,18). The second-order valence-corrected chi connectivity index (χ2v) is 4.60. The van der Waals surface area contributed by atoms with Gasteiger partial charge >= 0.3 is 0 Å². The Labute approximate surface area is 108 Å². The summed E-state index contributed by atoms with van der Waals surface area (Å²) in [7, 11) is 0. The van der Waals surface area contributed by atoms with Crippen LogP contribution in [0.25, 0.3) is 0 Å². The van der Waals surface area contributed by atoms with Crippen molar-refractivity contribution in [3.63, 3.8) is 0 Å². The van der Waals surface area contributed by atoms with E-state index in [0.29, 0.717) is 19.0 Å². The molecule has 1 rings (SSSR count). The van der Waals surface area contributed by atoms with E-state index >= 15 is 0 Å². The first-order valence-corrected chi connectivity index (χ1v) is 6.34. The molecule has 1 atom stereocenters. The smallest absolute Gasteiger partial charge is 0.224 e. The molecule has 1 aromatic carbocycles. The second kappa shape index (κ2) is 7.13. The predicted octanol–water partition coefficient (Wildman–Crippen LogP) is 2.07. The molecule has 4 nitrogen and oxygen atoms in total. The van der Waals surface area contributed by atoms with Gasteiger partial charge in [-0.05, 0) is 17.7 Å². The van der Waals surface area contributed by atoms with Crippen molar-refractivity contribution in [2.45, 2.75) is 39.3 Å². The number of amides is 1. The summed E-state index contributed by atoms with van der Waals surface area (Å²) in [6, 6.07) is 7.63. The molecule has 0 fully saturated rings. The molecule has 0 radical (unpaired) electrons. The number of hydrogen-bond acceptors (Lipinski definition) is 3. The Kier molecular flexibility index (Phi) is 5.82. The third-order valence-corrected chi connectivity index (χ3v) is 2.62. The van der Waals surface area contributed by atoms with Gasteiger partial charge in [-0.25, -0.2) is 0 Å². The van der Waals surface area contributed by atoms with Gasteiger partial charge in [-0.3, -0.25) is 4.79 Å². The highest BCUT2D eigenvalue weighted by Crippen LogP contribution is 2.16. The maximum Gasteiger partial charge on any atom is 0.224 e. The molecular weight excluding hydrogens is 228 g/mol. The van der Waals surface area contributed by atoms with E-state index < -0.39 is 6.10 Å². The Bertz CT molecular complexity index is 374. The molecule has 0 aliphatic rings. The van der Waals surface area contributed by atoms with Crippen molar-refractivity contribution < 1.29 is 9.90 Å². The molecule has 1 unspecified atom stereocenters. The largest absolute Gasteiger partial charge is 0.387 e. The molecule has 1 aromatic rings. The summed E-state index contributed by atoms with van der Waals surface area (Å²) in [6.07, 6.45) is -0.0637. The molecule has 1 amide bonds. The van der Waals surface area contributed by atoms with E-state index in [1.807, 2.05) is 45.0 Å². The van der Waals surface area contributed by atoms with Crippen LogP contribution in [0.15, 0.2) is 24.3 Å². The van der Waals surface area contributed by atoms with Gasteiger partial charge in [0.1, 0.15) is 0 Å². The number of hydrogen-bond donors (Lipinski definition) is 3. The van der Waals surface area contributed by atoms with Gasteiger partial charge < -0.3 is 15.7 Å². The van der Waals surface area contributed by atoms with Crippen molar-refractivity contribution in [3.8, 4) is 0 Å². The Morgan fingerprint density at radius 2 is 1.89 bits per heavy atom. The Balaban J connectivity index is 2.56. The fourth-order valence-corrected chi connectivity index (χ4v) is 1.50. The average Bonchev–Trinajstić information content (AvgIpc) is 2.36. The molecule has 0 saturated heterocycles. The monoisotopic (exact) mass is 250 g/mol. The van der Waals surface area contributed by atoms with Crippen LogP contribution in [0.3, 0.4) is 0 Å². The quantitative estimate of drug-likeness (QED) is 0.724. The molecule has 18 heavy (non-hydrogen) atoms. The maximum absolute atomic E-state index is 11.2. The summed E-state index contributed by atoms with van der Waals surface area (Å²) in [5.74, 6) is -0.00947. The third kappa shape index (κ3) is 4.85. The van der Waals surface area contributed by atoms with E-state index in [4.69, 9.17) is 0 Å². The zero-order valence-electron chi connectivity index (χ0n) is 11.2. The molecular formula is C14H22N2O2. The minimum absolute atomic E-state index is 0.00947. The van der Waals surface area contributed by atoms with E-state index in [2.05, 4.69) is 10.6 Å². The molecule has 0 saturated carbocycles. The van der Waals surface area contributed by atoms with Gasteiger partial charge in [0.15, 0.2) is 0 Å². The minimum atomic E-state index is -0.525. The summed E-state index contributed by atoms with van der Waals surface area (Å²) in [6.45, 7) is 6.41. The number of rotatable bonds is 6. The molecule has 0 aliphatic heterocycles. The summed E-state index contributed by atoms with van der Waals surface area (Å²) < 4.78 is 0. The van der Waals surface area contributed by atoms with Crippen LogP contribution in [-0.4, -0.2) is 23.6 Å². The fourth-order valence-electron chi connectivity index (χ4n) is 1.50. The highest BCUT2D eigenvalue weighted by atomic mass is 16.3. The van der Waals surface area contributed by atoms with Crippen LogP contribution in [0.2, 0.25) is 0 Å². The number of carbonyl (C=O) groups is 1. The topological polar surface area (TPSA) is 61.4 Å². The number of aliphatic hydroxyl groups excluding tert-OH is 1. The molecule has 3 N–H and O–H groups in total. The SMILES string of the molecule is CCC(=O)Nc1ccc(C(O)CNC(C)C)cc1. The van der Waals surface area contributed by atoms with Gasteiger partial charge in [0.05, 0.1) is 6.10 Å². The number of anilines is 1. The highest BCUT2D eigenvalue weighted by molar-refractivity contribution is 5.90. The van der Waals surface area contributed by atoms with Crippen LogP contribution in [0, 0.1) is 0 Å². The lowest BCUT2D eigenvalue weighted by Gasteiger charge is -2.14. The van der Waals surface area contributed by atoms with Crippen LogP contribution in [0.5, 0.6) is 0 Å². The van der Waals surface area contributed by atoms with Crippen molar-refractivity contribution in [2.75, 3.05) is 11.9 Å². The maximum atomic E-state index is 11.2. The van der Waals surface area contributed by atoms with Crippen molar-refractivity contribution in [2.24, 2.45) is 0 Å². The molecule has 0 heterocycles. The van der Waals surface area contributed by atoms with Gasteiger partial charge in [0.2, 0.25) is 5.91 Å². The first-order valence-electron chi connectivity index (χ1n) is 6.34. The van der Waals surface area contributed by atoms with E-state index in [9.17, 15) is 9.90 Å². The summed E-state index contributed by atoms with van der Waals surface area (Å²) in [4.78, 5) is 11.2. The average molecular weight is 250 g/mol. The second-order valence-electron chi connectivity index (χ2n) is 4.60. The van der Waals surface area contributed by atoms with Gasteiger partial charge in [-0.15, -0.1) is 0 Å². The van der Waals surface area contributed by atoms with E-state index in [1.165, 1.54) is 0 Å². The molecule has 0 aromatic heterocycles. The van der Waals surface area contributed by atoms with Gasteiger partial charge in [0, 0.05) is 24.7 Å². The summed E-state index contributed by atoms with van der Waals surface area (Å²) in [5.41, 5.74) is 1.60. The van der Waals surface area contributed by atoms with Crippen LogP contribution < -0.4 is 10.6 Å². The lowest BCUT2D eigenvalue weighted by Crippen LogP contribution is -2.27. The zero-order valence-corrected chi connectivity index (χ0v) is 11.2. The lowest BCUT2D eigenvalue weighted by molar-refractivity contribution is -0.115. The van der Waals surface area contributed by atoms with Crippen molar-refractivity contribution in [3.05, 3.63) is 29.8 Å². The highest BCUT2D eigenvalue weighted by Gasteiger charge is 2.08. The van der Waals surface area contributed by atoms with Crippen LogP contribution >= 0.6 is 0 Å². The minimum Gasteiger partial charge on any atom is -0.387 e. The van der Waals surface area contributed by atoms with Crippen LogP contribution in [-0.2, 0) is 4.79 Å². The number of aliphatic hydroxyl groups is 1. The van der Waals surface area contributed by atoms with Crippen molar-refractivity contribution in [1.29, 1.82) is 0 Å². The summed E-state index contributed by atoms with van der Waals surface area (Å²) in [5, 5.41) is 15.9. The van der Waals surface area contributed by atoms with Gasteiger partial charge in [-0.1, -0.05) is 32.9 Å². The Morgan fingerprint density at radius 3 is 2.39 bits per heavy atom. The molecule has 0 spiro atoms. The fraction of sp³-hybridized carbons (Fsp3) is 0.500. The van der Waals surface area contributed by atoms with Crippen molar-refractivity contribution >= 4 is 11.6 Å². The molecule has 0 bridgehead atoms. The first kappa shape index (κ1) is 14.7. The molecule has 4 heteroatoms. The van der Waals surface area contributed by atoms with Gasteiger partial charge in [0.25, 0.3) is 0 Å². The normalized spacial score (nSPS) is 12.5. The van der Waals surface area contributed by atoms with Crippen LogP contribution in [0.1, 0.15) is 38.9 Å². The van der Waals surface area contributed by atoms with Crippen molar-refractivity contribution in [1.82, 2.24) is 5.32 Å². The number of benzene rings is 1. The number of carbonyl (C=O) groups excluding carboxylic acids is 1. The number of nitrogens with one attached hydrogen (secondary N) is 2. The molecule has 0 aliphatic carbocycles. The van der Waals surface area contributed by atoms with E-state index in [0.717, 1.165) is 11.3 Å². The first-order chi connectivity index (χ1) is 8.52. The zero-order chi connectivity index (χ0) is 13.5. The lowest BCUT2D eigenvalue weighted by atomic mass is 10.1. The summed E-state index contributed by atoms with van der Waals surface area (Å²) >= 11 is 0. The van der Waals surface area contributed by atoms with Gasteiger partial charge in [-0.2, -0.15) is 0 Å².